The number of anilines is 2. The van der Waals surface area contributed by atoms with E-state index in [0.717, 1.165) is 59.4 Å². The van der Waals surface area contributed by atoms with Crippen LogP contribution in [0.25, 0.3) is 21.6 Å². The molecule has 0 saturated carbocycles. The quantitative estimate of drug-likeness (QED) is 0.522. The molecule has 0 spiro atoms. The first-order valence-corrected chi connectivity index (χ1v) is 10.3. The maximum atomic E-state index is 4.99. The zero-order valence-electron chi connectivity index (χ0n) is 15.7. The maximum absolute atomic E-state index is 4.99. The highest BCUT2D eigenvalue weighted by atomic mass is 32.1. The van der Waals surface area contributed by atoms with Crippen molar-refractivity contribution in [3.05, 3.63) is 65.7 Å². The average molecular weight is 388 g/mol. The van der Waals surface area contributed by atoms with Gasteiger partial charge in [0.1, 0.15) is 16.5 Å². The average Bonchev–Trinajstić information content (AvgIpc) is 3.14. The number of thiophene rings is 1. The van der Waals surface area contributed by atoms with E-state index in [1.54, 1.807) is 11.3 Å². The van der Waals surface area contributed by atoms with Crippen molar-refractivity contribution >= 4 is 33.2 Å². The summed E-state index contributed by atoms with van der Waals surface area (Å²) in [7, 11) is 0. The van der Waals surface area contributed by atoms with Gasteiger partial charge in [0.2, 0.25) is 0 Å². The largest absolute Gasteiger partial charge is 0.353 e. The number of pyridine rings is 1. The molecule has 5 nitrogen and oxygen atoms in total. The summed E-state index contributed by atoms with van der Waals surface area (Å²) in [4.78, 5) is 21.4. The van der Waals surface area contributed by atoms with Crippen molar-refractivity contribution in [3.8, 4) is 11.4 Å². The fourth-order valence-electron chi connectivity index (χ4n) is 3.67. The molecule has 1 aliphatic heterocycles. The van der Waals surface area contributed by atoms with Crippen molar-refractivity contribution in [2.45, 2.75) is 6.92 Å². The zero-order valence-corrected chi connectivity index (χ0v) is 16.6. The number of hydrogen-bond donors (Lipinski definition) is 0. The van der Waals surface area contributed by atoms with Gasteiger partial charge in [-0.2, -0.15) is 0 Å². The van der Waals surface area contributed by atoms with Gasteiger partial charge >= 0.3 is 0 Å². The summed E-state index contributed by atoms with van der Waals surface area (Å²) in [6.45, 7) is 5.85. The minimum atomic E-state index is 0.803. The van der Waals surface area contributed by atoms with Crippen molar-refractivity contribution in [2.24, 2.45) is 0 Å². The molecule has 28 heavy (non-hydrogen) atoms. The first-order valence-electron chi connectivity index (χ1n) is 9.52. The molecule has 0 aliphatic carbocycles. The molecule has 0 atom stereocenters. The van der Waals surface area contributed by atoms with Gasteiger partial charge < -0.3 is 9.80 Å². The number of benzene rings is 1. The Bertz CT molecular complexity index is 1090. The molecule has 5 rings (SSSR count). The number of nitrogens with zero attached hydrogens (tertiary/aromatic N) is 5. The highest BCUT2D eigenvalue weighted by molar-refractivity contribution is 7.18. The molecule has 0 radical (unpaired) electrons. The van der Waals surface area contributed by atoms with Crippen molar-refractivity contribution in [1.82, 2.24) is 15.0 Å². The van der Waals surface area contributed by atoms with Crippen LogP contribution in [-0.4, -0.2) is 41.1 Å². The third-order valence-electron chi connectivity index (χ3n) is 5.08. The Hall–Kier alpha value is -2.99. The molecule has 0 N–H and O–H groups in total. The number of rotatable bonds is 3. The fourth-order valence-corrected chi connectivity index (χ4v) is 4.55. The predicted molar refractivity (Wildman–Crippen MR) is 116 cm³/mol. The Balaban J connectivity index is 1.48. The first kappa shape index (κ1) is 17.1. The zero-order chi connectivity index (χ0) is 18.9. The van der Waals surface area contributed by atoms with E-state index >= 15 is 0 Å². The standard InChI is InChI=1S/C22H21N5S/c1-16-15-18-21(24-20(25-22(18)28-16)17-7-3-2-4-8-17)27-13-11-26(12-14-27)19-9-5-6-10-23-19/h2-10,15H,11-14H2,1H3. The highest BCUT2D eigenvalue weighted by Crippen LogP contribution is 2.33. The summed E-state index contributed by atoms with van der Waals surface area (Å²) in [6, 6.07) is 18.5. The second-order valence-electron chi connectivity index (χ2n) is 6.97. The van der Waals surface area contributed by atoms with Gasteiger partial charge in [-0.3, -0.25) is 0 Å². The van der Waals surface area contributed by atoms with Crippen LogP contribution in [0.15, 0.2) is 60.8 Å². The molecule has 0 unspecified atom stereocenters. The lowest BCUT2D eigenvalue weighted by Gasteiger charge is -2.36. The van der Waals surface area contributed by atoms with E-state index < -0.39 is 0 Å². The van der Waals surface area contributed by atoms with Crippen molar-refractivity contribution in [2.75, 3.05) is 36.0 Å². The molecular formula is C22H21N5S. The maximum Gasteiger partial charge on any atom is 0.163 e. The van der Waals surface area contributed by atoms with Crippen LogP contribution in [0.3, 0.4) is 0 Å². The summed E-state index contributed by atoms with van der Waals surface area (Å²) < 4.78 is 0. The van der Waals surface area contributed by atoms with E-state index in [0.29, 0.717) is 0 Å². The second-order valence-corrected chi connectivity index (χ2v) is 8.21. The molecule has 140 valence electrons. The van der Waals surface area contributed by atoms with Gasteiger partial charge in [0.05, 0.1) is 5.39 Å². The van der Waals surface area contributed by atoms with Gasteiger partial charge in [-0.1, -0.05) is 36.4 Å². The molecular weight excluding hydrogens is 366 g/mol. The van der Waals surface area contributed by atoms with Crippen LogP contribution in [0.2, 0.25) is 0 Å². The Morgan fingerprint density at radius 3 is 2.36 bits per heavy atom. The fraction of sp³-hybridized carbons (Fsp3) is 0.227. The molecule has 0 amide bonds. The monoisotopic (exact) mass is 387 g/mol. The Morgan fingerprint density at radius 1 is 0.857 bits per heavy atom. The van der Waals surface area contributed by atoms with Crippen LogP contribution in [-0.2, 0) is 0 Å². The molecule has 6 heteroatoms. The van der Waals surface area contributed by atoms with E-state index in [9.17, 15) is 0 Å². The molecule has 3 aromatic heterocycles. The molecule has 1 aromatic carbocycles. The van der Waals surface area contributed by atoms with Crippen molar-refractivity contribution in [1.29, 1.82) is 0 Å². The Kier molecular flexibility index (Phi) is 4.41. The molecule has 1 saturated heterocycles. The van der Waals surface area contributed by atoms with Crippen molar-refractivity contribution in [3.63, 3.8) is 0 Å². The normalized spacial score (nSPS) is 14.6. The molecule has 1 fully saturated rings. The predicted octanol–water partition coefficient (Wildman–Crippen LogP) is 4.39. The lowest BCUT2D eigenvalue weighted by Crippen LogP contribution is -2.47. The number of hydrogen-bond acceptors (Lipinski definition) is 6. The SMILES string of the molecule is Cc1cc2c(N3CCN(c4ccccn4)CC3)nc(-c3ccccc3)nc2s1. The first-order chi connectivity index (χ1) is 13.8. The van der Waals surface area contributed by atoms with Crippen LogP contribution in [0.1, 0.15) is 4.88 Å². The minimum absolute atomic E-state index is 0.803. The molecule has 0 bridgehead atoms. The third-order valence-corrected chi connectivity index (χ3v) is 6.02. The van der Waals surface area contributed by atoms with Crippen LogP contribution in [0, 0.1) is 6.92 Å². The van der Waals surface area contributed by atoms with E-state index in [4.69, 9.17) is 9.97 Å². The van der Waals surface area contributed by atoms with Gasteiger partial charge in [-0.25, -0.2) is 15.0 Å². The molecule has 4 aromatic rings. The highest BCUT2D eigenvalue weighted by Gasteiger charge is 2.22. The van der Waals surface area contributed by atoms with Crippen LogP contribution in [0.4, 0.5) is 11.6 Å². The summed E-state index contributed by atoms with van der Waals surface area (Å²) in [5.41, 5.74) is 1.06. The Labute approximate surface area is 168 Å². The second kappa shape index (κ2) is 7.20. The van der Waals surface area contributed by atoms with E-state index in [1.807, 2.05) is 36.5 Å². The van der Waals surface area contributed by atoms with Gasteiger partial charge in [-0.15, -0.1) is 11.3 Å². The van der Waals surface area contributed by atoms with Gasteiger partial charge in [0, 0.05) is 42.8 Å². The van der Waals surface area contributed by atoms with E-state index in [2.05, 4.69) is 46.0 Å². The third kappa shape index (κ3) is 3.20. The van der Waals surface area contributed by atoms with Crippen LogP contribution >= 0.6 is 11.3 Å². The molecule has 1 aliphatic rings. The topological polar surface area (TPSA) is 45.2 Å². The summed E-state index contributed by atoms with van der Waals surface area (Å²) >= 11 is 1.74. The van der Waals surface area contributed by atoms with E-state index in [-0.39, 0.29) is 0 Å². The minimum Gasteiger partial charge on any atom is -0.353 e. The smallest absolute Gasteiger partial charge is 0.163 e. The Morgan fingerprint density at radius 2 is 1.61 bits per heavy atom. The lowest BCUT2D eigenvalue weighted by atomic mass is 10.2. The van der Waals surface area contributed by atoms with Gasteiger partial charge in [0.15, 0.2) is 5.82 Å². The van der Waals surface area contributed by atoms with Gasteiger partial charge in [-0.05, 0) is 25.1 Å². The number of piperazine rings is 1. The number of aryl methyl sites for hydroxylation is 1. The summed E-state index contributed by atoms with van der Waals surface area (Å²) in [5, 5.41) is 1.16. The van der Waals surface area contributed by atoms with Crippen LogP contribution in [0.5, 0.6) is 0 Å². The van der Waals surface area contributed by atoms with E-state index in [1.165, 1.54) is 4.88 Å². The molecule has 4 heterocycles. The lowest BCUT2D eigenvalue weighted by molar-refractivity contribution is 0.643. The summed E-state index contributed by atoms with van der Waals surface area (Å²) in [5.74, 6) is 2.90. The summed E-state index contributed by atoms with van der Waals surface area (Å²) in [6.07, 6.45) is 1.86. The number of fused-ring (bicyclic) bond motifs is 1. The van der Waals surface area contributed by atoms with Crippen LogP contribution < -0.4 is 9.80 Å². The van der Waals surface area contributed by atoms with Crippen molar-refractivity contribution < 1.29 is 0 Å². The number of aromatic nitrogens is 3. The van der Waals surface area contributed by atoms with Gasteiger partial charge in [0.25, 0.3) is 0 Å².